The van der Waals surface area contributed by atoms with Crippen molar-refractivity contribution in [3.8, 4) is 5.75 Å². The summed E-state index contributed by atoms with van der Waals surface area (Å²) < 4.78 is 0. The Bertz CT molecular complexity index is 483. The lowest BCUT2D eigenvalue weighted by Crippen LogP contribution is -2.43. The predicted molar refractivity (Wildman–Crippen MR) is 64.7 cm³/mol. The minimum Gasteiger partial charge on any atom is -0.508 e. The van der Waals surface area contributed by atoms with Crippen LogP contribution in [0, 0.1) is 5.92 Å². The van der Waals surface area contributed by atoms with Gasteiger partial charge in [-0.25, -0.2) is 4.79 Å². The maximum atomic E-state index is 11.7. The van der Waals surface area contributed by atoms with E-state index in [0.717, 1.165) is 19.2 Å². The lowest BCUT2D eigenvalue weighted by Gasteiger charge is -2.26. The Kier molecular flexibility index (Phi) is 3.47. The second kappa shape index (κ2) is 5.05. The zero-order valence-electron chi connectivity index (χ0n) is 9.64. The van der Waals surface area contributed by atoms with Gasteiger partial charge in [0.25, 0.3) is 0 Å². The number of rotatable bonds is 4. The zero-order valence-corrected chi connectivity index (χ0v) is 9.64. The van der Waals surface area contributed by atoms with Crippen LogP contribution >= 0.6 is 0 Å². The molecule has 96 valence electrons. The van der Waals surface area contributed by atoms with Gasteiger partial charge in [-0.2, -0.15) is 0 Å². The Balaban J connectivity index is 2.07. The van der Waals surface area contributed by atoms with E-state index in [1.807, 2.05) is 0 Å². The fraction of sp³-hybridized carbons (Fsp3) is 0.333. The Morgan fingerprint density at radius 2 is 2.11 bits per heavy atom. The summed E-state index contributed by atoms with van der Waals surface area (Å²) in [5.41, 5.74) is 0.0904. The van der Waals surface area contributed by atoms with Crippen LogP contribution in [-0.2, 0) is 4.79 Å². The summed E-state index contributed by atoms with van der Waals surface area (Å²) in [6.45, 7) is 1.63. The van der Waals surface area contributed by atoms with E-state index >= 15 is 0 Å². The molecule has 0 atom stereocenters. The molecule has 1 amide bonds. The van der Waals surface area contributed by atoms with Crippen molar-refractivity contribution >= 4 is 17.6 Å². The van der Waals surface area contributed by atoms with Crippen molar-refractivity contribution in [2.75, 3.05) is 18.4 Å². The number of aromatic carboxylic acids is 1. The molecular formula is C12H14N2O4. The molecule has 1 aliphatic heterocycles. The number of nitrogens with one attached hydrogen (secondary N) is 2. The lowest BCUT2D eigenvalue weighted by molar-refractivity contribution is -0.117. The highest BCUT2D eigenvalue weighted by Crippen LogP contribution is 2.22. The quantitative estimate of drug-likeness (QED) is 0.588. The highest BCUT2D eigenvalue weighted by Gasteiger charge is 2.21. The van der Waals surface area contributed by atoms with E-state index in [2.05, 4.69) is 10.6 Å². The highest BCUT2D eigenvalue weighted by molar-refractivity contribution is 6.00. The Morgan fingerprint density at radius 3 is 2.67 bits per heavy atom. The van der Waals surface area contributed by atoms with Crippen LogP contribution < -0.4 is 10.6 Å². The molecule has 6 heteroatoms. The Hall–Kier alpha value is -2.08. The molecule has 1 fully saturated rings. The first kappa shape index (κ1) is 12.4. The molecule has 0 bridgehead atoms. The number of benzene rings is 1. The van der Waals surface area contributed by atoms with Gasteiger partial charge in [0.15, 0.2) is 0 Å². The van der Waals surface area contributed by atoms with E-state index in [0.29, 0.717) is 12.3 Å². The molecule has 0 saturated carbocycles. The molecule has 0 aliphatic carbocycles. The third-order valence-electron chi connectivity index (χ3n) is 2.85. The molecule has 18 heavy (non-hydrogen) atoms. The van der Waals surface area contributed by atoms with Crippen molar-refractivity contribution in [3.63, 3.8) is 0 Å². The van der Waals surface area contributed by atoms with Gasteiger partial charge in [0.2, 0.25) is 5.91 Å². The number of hydrogen-bond donors (Lipinski definition) is 4. The standard InChI is InChI=1S/C12H14N2O4/c15-8-1-2-10(9(4-8)12(17)18)14-11(16)3-7-5-13-6-7/h1-2,4,7,13,15H,3,5-6H2,(H,14,16)(H,17,18). The number of carbonyl (C=O) groups excluding carboxylic acids is 1. The summed E-state index contributed by atoms with van der Waals surface area (Å²) in [5.74, 6) is -1.23. The fourth-order valence-corrected chi connectivity index (χ4v) is 1.77. The molecule has 0 spiro atoms. The van der Waals surface area contributed by atoms with Gasteiger partial charge in [-0.1, -0.05) is 0 Å². The van der Waals surface area contributed by atoms with Gasteiger partial charge in [-0.3, -0.25) is 4.79 Å². The Labute approximate surface area is 104 Å². The topological polar surface area (TPSA) is 98.7 Å². The number of phenols is 1. The summed E-state index contributed by atoms with van der Waals surface area (Å²) in [5, 5.41) is 23.8. The SMILES string of the molecule is O=C(CC1CNC1)Nc1ccc(O)cc1C(=O)O. The van der Waals surface area contributed by atoms with Crippen LogP contribution in [0.15, 0.2) is 18.2 Å². The highest BCUT2D eigenvalue weighted by atomic mass is 16.4. The minimum absolute atomic E-state index is 0.116. The average Bonchev–Trinajstić information content (AvgIpc) is 2.26. The number of carboxylic acids is 1. The van der Waals surface area contributed by atoms with Crippen molar-refractivity contribution in [1.82, 2.24) is 5.32 Å². The number of phenolic OH excluding ortho intramolecular Hbond substituents is 1. The summed E-state index contributed by atoms with van der Waals surface area (Å²) >= 11 is 0. The number of hydrogen-bond acceptors (Lipinski definition) is 4. The zero-order chi connectivity index (χ0) is 13.1. The largest absolute Gasteiger partial charge is 0.508 e. The molecular weight excluding hydrogens is 236 g/mol. The van der Waals surface area contributed by atoms with Crippen molar-refractivity contribution < 1.29 is 19.8 Å². The number of carboxylic acid groups (broad SMARTS) is 1. The van der Waals surface area contributed by atoms with Crippen molar-refractivity contribution in [2.45, 2.75) is 6.42 Å². The third-order valence-corrected chi connectivity index (χ3v) is 2.85. The van der Waals surface area contributed by atoms with E-state index in [1.54, 1.807) is 0 Å². The summed E-state index contributed by atoms with van der Waals surface area (Å²) in [6, 6.07) is 3.84. The molecule has 0 unspecified atom stereocenters. The van der Waals surface area contributed by atoms with Crippen LogP contribution in [0.5, 0.6) is 5.75 Å². The number of amides is 1. The van der Waals surface area contributed by atoms with Crippen LogP contribution in [0.3, 0.4) is 0 Å². The van der Waals surface area contributed by atoms with E-state index in [4.69, 9.17) is 5.11 Å². The third kappa shape index (κ3) is 2.78. The van der Waals surface area contributed by atoms with Crippen LogP contribution in [0.25, 0.3) is 0 Å². The number of anilines is 1. The van der Waals surface area contributed by atoms with Crippen LogP contribution in [-0.4, -0.2) is 35.2 Å². The van der Waals surface area contributed by atoms with Gasteiger partial charge >= 0.3 is 5.97 Å². The molecule has 6 nitrogen and oxygen atoms in total. The van der Waals surface area contributed by atoms with Gasteiger partial charge in [-0.15, -0.1) is 0 Å². The predicted octanol–water partition coefficient (Wildman–Crippen LogP) is 0.638. The second-order valence-electron chi connectivity index (χ2n) is 4.31. The summed E-state index contributed by atoms with van der Waals surface area (Å²) in [7, 11) is 0. The smallest absolute Gasteiger partial charge is 0.337 e. The van der Waals surface area contributed by atoms with Crippen molar-refractivity contribution in [1.29, 1.82) is 0 Å². The fourth-order valence-electron chi connectivity index (χ4n) is 1.77. The molecule has 0 aromatic heterocycles. The van der Waals surface area contributed by atoms with Gasteiger partial charge in [-0.05, 0) is 37.2 Å². The molecule has 1 aromatic rings. The molecule has 1 saturated heterocycles. The molecule has 1 heterocycles. The van der Waals surface area contributed by atoms with Gasteiger partial charge in [0, 0.05) is 6.42 Å². The average molecular weight is 250 g/mol. The molecule has 4 N–H and O–H groups in total. The van der Waals surface area contributed by atoms with Crippen LogP contribution in [0.2, 0.25) is 0 Å². The number of carbonyl (C=O) groups is 2. The molecule has 1 aromatic carbocycles. The van der Waals surface area contributed by atoms with Gasteiger partial charge < -0.3 is 20.8 Å². The van der Waals surface area contributed by atoms with E-state index in [9.17, 15) is 14.7 Å². The maximum absolute atomic E-state index is 11.7. The van der Waals surface area contributed by atoms with E-state index < -0.39 is 5.97 Å². The molecule has 2 rings (SSSR count). The first-order valence-corrected chi connectivity index (χ1v) is 5.63. The van der Waals surface area contributed by atoms with Crippen molar-refractivity contribution in [2.24, 2.45) is 5.92 Å². The maximum Gasteiger partial charge on any atom is 0.337 e. The normalized spacial score (nSPS) is 14.9. The first-order chi connectivity index (χ1) is 8.56. The molecule has 0 radical (unpaired) electrons. The van der Waals surface area contributed by atoms with E-state index in [1.165, 1.54) is 12.1 Å². The molecule has 1 aliphatic rings. The van der Waals surface area contributed by atoms with Crippen molar-refractivity contribution in [3.05, 3.63) is 23.8 Å². The van der Waals surface area contributed by atoms with Gasteiger partial charge in [0.05, 0.1) is 11.3 Å². The van der Waals surface area contributed by atoms with Crippen LogP contribution in [0.1, 0.15) is 16.8 Å². The van der Waals surface area contributed by atoms with Gasteiger partial charge in [0.1, 0.15) is 5.75 Å². The Morgan fingerprint density at radius 1 is 1.39 bits per heavy atom. The summed E-state index contributed by atoms with van der Waals surface area (Å²) in [4.78, 5) is 22.7. The first-order valence-electron chi connectivity index (χ1n) is 5.63. The monoisotopic (exact) mass is 250 g/mol. The summed E-state index contributed by atoms with van der Waals surface area (Å²) in [6.07, 6.45) is 0.368. The number of aromatic hydroxyl groups is 1. The van der Waals surface area contributed by atoms with E-state index in [-0.39, 0.29) is 22.9 Å². The van der Waals surface area contributed by atoms with Crippen LogP contribution in [0.4, 0.5) is 5.69 Å². The second-order valence-corrected chi connectivity index (χ2v) is 4.31. The lowest BCUT2D eigenvalue weighted by atomic mass is 9.99. The minimum atomic E-state index is -1.19.